The molecular weight excluding hydrogens is 438 g/mol. The van der Waals surface area contributed by atoms with Gasteiger partial charge in [-0.25, -0.2) is 4.98 Å². The van der Waals surface area contributed by atoms with Crippen molar-refractivity contribution in [2.45, 2.75) is 13.0 Å². The molecule has 3 amide bonds. The lowest BCUT2D eigenvalue weighted by Gasteiger charge is -2.27. The van der Waals surface area contributed by atoms with E-state index in [4.69, 9.17) is 0 Å². The molecule has 4 aromatic rings. The van der Waals surface area contributed by atoms with Gasteiger partial charge in [0.2, 0.25) is 5.91 Å². The molecule has 0 radical (unpaired) electrons. The third-order valence-corrected chi connectivity index (χ3v) is 6.77. The molecule has 3 N–H and O–H groups in total. The van der Waals surface area contributed by atoms with Gasteiger partial charge >= 0.3 is 0 Å². The number of anilines is 1. The highest BCUT2D eigenvalue weighted by molar-refractivity contribution is 7.14. The van der Waals surface area contributed by atoms with Crippen molar-refractivity contribution in [3.8, 4) is 0 Å². The van der Waals surface area contributed by atoms with Crippen LogP contribution in [0.5, 0.6) is 0 Å². The Labute approximate surface area is 193 Å². The Balaban J connectivity index is 1.18. The van der Waals surface area contributed by atoms with Gasteiger partial charge in [-0.1, -0.05) is 18.2 Å². The van der Waals surface area contributed by atoms with E-state index in [9.17, 15) is 14.4 Å². The minimum absolute atomic E-state index is 0.0924. The van der Waals surface area contributed by atoms with Crippen molar-refractivity contribution in [2.75, 3.05) is 18.4 Å². The largest absolute Gasteiger partial charge is 0.346 e. The summed E-state index contributed by atoms with van der Waals surface area (Å²) in [5, 5.41) is 6.42. The quantitative estimate of drug-likeness (QED) is 0.426. The zero-order valence-corrected chi connectivity index (χ0v) is 18.4. The molecule has 0 unspecified atom stereocenters. The standard InChI is InChI=1S/C24H21N5O3S/c30-21(13-27-23(31)16-10-15-6-8-25-22(15)26-12-16)29-9-7-19-17(14-29)11-20(33-19)24(32)28-18-4-2-1-3-5-18/h1-6,8,10-12H,7,9,13-14H2,(H,25,26)(H,27,31)(H,28,32). The van der Waals surface area contributed by atoms with Gasteiger partial charge in [0.05, 0.1) is 17.0 Å². The number of hydrogen-bond acceptors (Lipinski definition) is 5. The van der Waals surface area contributed by atoms with Gasteiger partial charge in [0.15, 0.2) is 0 Å². The Kier molecular flexibility index (Phi) is 5.62. The lowest BCUT2D eigenvalue weighted by Crippen LogP contribution is -2.42. The number of aromatic nitrogens is 2. The minimum atomic E-state index is -0.341. The number of fused-ring (bicyclic) bond motifs is 2. The normalized spacial score (nSPS) is 12.9. The average molecular weight is 460 g/mol. The lowest BCUT2D eigenvalue weighted by atomic mass is 10.1. The molecule has 3 aromatic heterocycles. The molecule has 0 aliphatic carbocycles. The second-order valence-corrected chi connectivity index (χ2v) is 8.90. The minimum Gasteiger partial charge on any atom is -0.346 e. The Morgan fingerprint density at radius 1 is 1.09 bits per heavy atom. The number of rotatable bonds is 5. The summed E-state index contributed by atoms with van der Waals surface area (Å²) in [5.74, 6) is -0.656. The molecule has 0 atom stereocenters. The number of thiophene rings is 1. The molecule has 1 aliphatic rings. The van der Waals surface area contributed by atoms with Gasteiger partial charge < -0.3 is 20.5 Å². The maximum atomic E-state index is 12.7. The van der Waals surface area contributed by atoms with Crippen LogP contribution >= 0.6 is 11.3 Å². The summed E-state index contributed by atoms with van der Waals surface area (Å²) in [6, 6.07) is 14.7. The number of carbonyl (C=O) groups excluding carboxylic acids is 3. The number of hydrogen-bond donors (Lipinski definition) is 3. The molecule has 0 bridgehead atoms. The van der Waals surface area contributed by atoms with Gasteiger partial charge in [-0.05, 0) is 42.3 Å². The van der Waals surface area contributed by atoms with Gasteiger partial charge in [0, 0.05) is 41.4 Å². The van der Waals surface area contributed by atoms with Crippen LogP contribution in [0, 0.1) is 0 Å². The van der Waals surface area contributed by atoms with E-state index in [0.29, 0.717) is 35.6 Å². The van der Waals surface area contributed by atoms with Crippen LogP contribution in [0.15, 0.2) is 60.9 Å². The van der Waals surface area contributed by atoms with Crippen molar-refractivity contribution in [2.24, 2.45) is 0 Å². The zero-order chi connectivity index (χ0) is 22.8. The van der Waals surface area contributed by atoms with Crippen LogP contribution in [0.1, 0.15) is 30.5 Å². The SMILES string of the molecule is O=C(NCC(=O)N1CCc2sc(C(=O)Nc3ccccc3)cc2C1)c1cnc2[nH]ccc2c1. The molecule has 0 spiro atoms. The van der Waals surface area contributed by atoms with E-state index in [1.54, 1.807) is 17.2 Å². The predicted octanol–water partition coefficient (Wildman–Crippen LogP) is 3.19. The number of para-hydroxylation sites is 1. The number of benzene rings is 1. The van der Waals surface area contributed by atoms with Crippen molar-refractivity contribution in [3.05, 3.63) is 81.8 Å². The maximum Gasteiger partial charge on any atom is 0.265 e. The van der Waals surface area contributed by atoms with Crippen LogP contribution in [0.2, 0.25) is 0 Å². The van der Waals surface area contributed by atoms with E-state index >= 15 is 0 Å². The molecule has 4 heterocycles. The summed E-state index contributed by atoms with van der Waals surface area (Å²) in [6.45, 7) is 0.889. The first-order chi connectivity index (χ1) is 16.1. The fourth-order valence-corrected chi connectivity index (χ4v) is 4.86. The summed E-state index contributed by atoms with van der Waals surface area (Å²) in [6.07, 6.45) is 3.93. The third kappa shape index (κ3) is 4.49. The van der Waals surface area contributed by atoms with E-state index in [2.05, 4.69) is 20.6 Å². The van der Waals surface area contributed by atoms with Crippen molar-refractivity contribution in [1.29, 1.82) is 0 Å². The van der Waals surface area contributed by atoms with E-state index < -0.39 is 0 Å². The average Bonchev–Trinajstić information content (AvgIpc) is 3.48. The molecule has 166 valence electrons. The van der Waals surface area contributed by atoms with Gasteiger partial charge in [-0.15, -0.1) is 11.3 Å². The highest BCUT2D eigenvalue weighted by Gasteiger charge is 2.24. The van der Waals surface area contributed by atoms with Gasteiger partial charge in [-0.2, -0.15) is 0 Å². The van der Waals surface area contributed by atoms with Crippen molar-refractivity contribution in [1.82, 2.24) is 20.2 Å². The zero-order valence-electron chi connectivity index (χ0n) is 17.6. The summed E-state index contributed by atoms with van der Waals surface area (Å²) >= 11 is 1.46. The van der Waals surface area contributed by atoms with Gasteiger partial charge in [-0.3, -0.25) is 14.4 Å². The molecule has 1 aliphatic heterocycles. The number of nitrogens with zero attached hydrogens (tertiary/aromatic N) is 2. The Hall–Kier alpha value is -3.98. The number of H-pyrrole nitrogens is 1. The molecule has 9 heteroatoms. The van der Waals surface area contributed by atoms with Gasteiger partial charge in [0.25, 0.3) is 11.8 Å². The first-order valence-corrected chi connectivity index (χ1v) is 11.4. The molecule has 5 rings (SSSR count). The number of pyridine rings is 1. The first-order valence-electron chi connectivity index (χ1n) is 10.5. The predicted molar refractivity (Wildman–Crippen MR) is 126 cm³/mol. The van der Waals surface area contributed by atoms with E-state index in [-0.39, 0.29) is 24.3 Å². The maximum absolute atomic E-state index is 12.7. The third-order valence-electron chi connectivity index (χ3n) is 5.54. The second kappa shape index (κ2) is 8.87. The number of amides is 3. The van der Waals surface area contributed by atoms with E-state index in [1.165, 1.54) is 17.5 Å². The van der Waals surface area contributed by atoms with Crippen LogP contribution < -0.4 is 10.6 Å². The number of carbonyl (C=O) groups is 3. The van der Waals surface area contributed by atoms with Crippen LogP contribution in [-0.4, -0.2) is 45.7 Å². The Bertz CT molecular complexity index is 1340. The molecule has 0 saturated carbocycles. The van der Waals surface area contributed by atoms with Crippen LogP contribution in [0.25, 0.3) is 11.0 Å². The Morgan fingerprint density at radius 3 is 2.79 bits per heavy atom. The fourth-order valence-electron chi connectivity index (χ4n) is 3.81. The Morgan fingerprint density at radius 2 is 1.94 bits per heavy atom. The lowest BCUT2D eigenvalue weighted by molar-refractivity contribution is -0.131. The topological polar surface area (TPSA) is 107 Å². The fraction of sp³-hybridized carbons (Fsp3) is 0.167. The smallest absolute Gasteiger partial charge is 0.265 e. The van der Waals surface area contributed by atoms with Crippen LogP contribution in [0.4, 0.5) is 5.69 Å². The molecule has 0 saturated heterocycles. The van der Waals surface area contributed by atoms with E-state index in [0.717, 1.165) is 21.5 Å². The number of nitrogens with one attached hydrogen (secondary N) is 3. The van der Waals surface area contributed by atoms with E-state index in [1.807, 2.05) is 42.5 Å². The van der Waals surface area contributed by atoms with Crippen LogP contribution in [-0.2, 0) is 17.8 Å². The molecule has 33 heavy (non-hydrogen) atoms. The summed E-state index contributed by atoms with van der Waals surface area (Å²) in [7, 11) is 0. The second-order valence-electron chi connectivity index (χ2n) is 7.77. The van der Waals surface area contributed by atoms with Crippen molar-refractivity contribution in [3.63, 3.8) is 0 Å². The summed E-state index contributed by atoms with van der Waals surface area (Å²) in [5.41, 5.74) is 2.83. The number of aromatic amines is 1. The molecule has 1 aromatic carbocycles. The highest BCUT2D eigenvalue weighted by Crippen LogP contribution is 2.29. The van der Waals surface area contributed by atoms with Gasteiger partial charge in [0.1, 0.15) is 5.65 Å². The molecule has 0 fully saturated rings. The highest BCUT2D eigenvalue weighted by atomic mass is 32.1. The first kappa shape index (κ1) is 20.9. The van der Waals surface area contributed by atoms with Crippen molar-refractivity contribution < 1.29 is 14.4 Å². The molecular formula is C24H21N5O3S. The van der Waals surface area contributed by atoms with Crippen molar-refractivity contribution >= 4 is 45.8 Å². The summed E-state index contributed by atoms with van der Waals surface area (Å²) < 4.78 is 0. The molecule has 8 nitrogen and oxygen atoms in total. The monoisotopic (exact) mass is 459 g/mol. The van der Waals surface area contributed by atoms with Crippen LogP contribution in [0.3, 0.4) is 0 Å². The summed E-state index contributed by atoms with van der Waals surface area (Å²) in [4.78, 5) is 48.4.